The maximum absolute atomic E-state index is 13.5. The number of furan rings is 2. The SMILES string of the molecule is Cc1cccc(N2CCN(CC(=O)N3N=C(c4cc5ccccc5o4)CC3c3ccco3)CC2)c1C. The molecule has 0 radical (unpaired) electrons. The van der Waals surface area contributed by atoms with Crippen LogP contribution in [0.5, 0.6) is 0 Å². The van der Waals surface area contributed by atoms with Crippen LogP contribution in [0.1, 0.15) is 35.1 Å². The van der Waals surface area contributed by atoms with Crippen molar-refractivity contribution in [3.63, 3.8) is 0 Å². The highest BCUT2D eigenvalue weighted by Gasteiger charge is 2.36. The molecule has 0 saturated carbocycles. The molecule has 0 spiro atoms. The van der Waals surface area contributed by atoms with Crippen molar-refractivity contribution in [1.29, 1.82) is 0 Å². The summed E-state index contributed by atoms with van der Waals surface area (Å²) < 4.78 is 11.7. The number of hydrogen-bond acceptors (Lipinski definition) is 6. The van der Waals surface area contributed by atoms with E-state index in [0.717, 1.165) is 48.6 Å². The highest BCUT2D eigenvalue weighted by Crippen LogP contribution is 2.34. The number of hydrogen-bond donors (Lipinski definition) is 0. The van der Waals surface area contributed by atoms with Gasteiger partial charge in [0.05, 0.1) is 12.8 Å². The minimum atomic E-state index is -0.271. The van der Waals surface area contributed by atoms with E-state index < -0.39 is 0 Å². The Morgan fingerprint density at radius 3 is 2.61 bits per heavy atom. The standard InChI is InChI=1S/C29H30N4O3/c1-20-7-5-9-24(21(20)2)32-14-12-31(13-15-32)19-29(34)33-25(27-11-6-16-35-27)18-23(30-33)28-17-22-8-3-4-10-26(22)36-28/h3-11,16-17,25H,12-15,18-19H2,1-2H3. The molecule has 7 nitrogen and oxygen atoms in total. The van der Waals surface area contributed by atoms with Crippen molar-refractivity contribution in [2.45, 2.75) is 26.3 Å². The summed E-state index contributed by atoms with van der Waals surface area (Å²) >= 11 is 0. The van der Waals surface area contributed by atoms with Gasteiger partial charge in [0.2, 0.25) is 0 Å². The number of fused-ring (bicyclic) bond motifs is 1. The first kappa shape index (κ1) is 22.6. The summed E-state index contributed by atoms with van der Waals surface area (Å²) in [6, 6.07) is 19.8. The first-order valence-corrected chi connectivity index (χ1v) is 12.5. The van der Waals surface area contributed by atoms with Gasteiger partial charge in [-0.1, -0.05) is 30.3 Å². The first-order chi connectivity index (χ1) is 17.6. The number of aryl methyl sites for hydroxylation is 1. The molecule has 2 aliphatic heterocycles. The second-order valence-corrected chi connectivity index (χ2v) is 9.65. The van der Waals surface area contributed by atoms with E-state index in [4.69, 9.17) is 13.9 Å². The van der Waals surface area contributed by atoms with Crippen molar-refractivity contribution < 1.29 is 13.6 Å². The van der Waals surface area contributed by atoms with Crippen LogP contribution in [0.15, 0.2) is 80.9 Å². The van der Waals surface area contributed by atoms with Gasteiger partial charge >= 0.3 is 0 Å². The van der Waals surface area contributed by atoms with Gasteiger partial charge in [0.15, 0.2) is 5.76 Å². The summed E-state index contributed by atoms with van der Waals surface area (Å²) in [6.07, 6.45) is 2.20. The van der Waals surface area contributed by atoms with Crippen LogP contribution in [0.3, 0.4) is 0 Å². The Kier molecular flexibility index (Phi) is 5.85. The molecule has 0 aliphatic carbocycles. The maximum atomic E-state index is 13.5. The summed E-state index contributed by atoms with van der Waals surface area (Å²) in [7, 11) is 0. The fourth-order valence-corrected chi connectivity index (χ4v) is 5.20. The average Bonchev–Trinajstić information content (AvgIpc) is 3.65. The van der Waals surface area contributed by atoms with Crippen molar-refractivity contribution in [2.75, 3.05) is 37.6 Å². The Bertz CT molecular complexity index is 1380. The molecule has 7 heteroatoms. The van der Waals surface area contributed by atoms with E-state index in [1.165, 1.54) is 16.8 Å². The second-order valence-electron chi connectivity index (χ2n) is 9.65. The highest BCUT2D eigenvalue weighted by molar-refractivity contribution is 6.03. The minimum absolute atomic E-state index is 0.0253. The molecule has 6 rings (SSSR count). The third kappa shape index (κ3) is 4.20. The number of amides is 1. The van der Waals surface area contributed by atoms with E-state index in [1.54, 1.807) is 11.3 Å². The zero-order chi connectivity index (χ0) is 24.6. The summed E-state index contributed by atoms with van der Waals surface area (Å²) in [6.45, 7) is 8.12. The number of piperazine rings is 1. The number of carbonyl (C=O) groups excluding carboxylic acids is 1. The van der Waals surface area contributed by atoms with Crippen molar-refractivity contribution in [3.05, 3.63) is 89.6 Å². The Hall–Kier alpha value is -3.84. The van der Waals surface area contributed by atoms with E-state index >= 15 is 0 Å². The molecule has 36 heavy (non-hydrogen) atoms. The van der Waals surface area contributed by atoms with Gasteiger partial charge in [0.25, 0.3) is 5.91 Å². The smallest absolute Gasteiger partial charge is 0.257 e. The quantitative estimate of drug-likeness (QED) is 0.394. The summed E-state index contributed by atoms with van der Waals surface area (Å²) in [4.78, 5) is 18.1. The lowest BCUT2D eigenvalue weighted by atomic mass is 10.1. The molecule has 1 unspecified atom stereocenters. The fraction of sp³-hybridized carbons (Fsp3) is 0.310. The van der Waals surface area contributed by atoms with E-state index in [-0.39, 0.29) is 11.9 Å². The monoisotopic (exact) mass is 482 g/mol. The molecule has 1 fully saturated rings. The molecule has 1 amide bonds. The lowest BCUT2D eigenvalue weighted by Gasteiger charge is -2.37. The van der Waals surface area contributed by atoms with E-state index in [9.17, 15) is 4.79 Å². The van der Waals surface area contributed by atoms with Crippen LogP contribution in [0.25, 0.3) is 11.0 Å². The van der Waals surface area contributed by atoms with E-state index in [0.29, 0.717) is 18.7 Å². The number of nitrogens with zero attached hydrogens (tertiary/aromatic N) is 4. The molecule has 2 aromatic carbocycles. The zero-order valence-electron chi connectivity index (χ0n) is 20.7. The molecule has 184 valence electrons. The van der Waals surface area contributed by atoms with Crippen LogP contribution in [0.2, 0.25) is 0 Å². The van der Waals surface area contributed by atoms with Gasteiger partial charge in [-0.15, -0.1) is 0 Å². The summed E-state index contributed by atoms with van der Waals surface area (Å²) in [5, 5.41) is 7.37. The molecular weight excluding hydrogens is 452 g/mol. The van der Waals surface area contributed by atoms with E-state index in [1.807, 2.05) is 42.5 Å². The number of benzene rings is 2. The number of carbonyl (C=O) groups is 1. The van der Waals surface area contributed by atoms with Gasteiger partial charge < -0.3 is 13.7 Å². The number of hydrazone groups is 1. The van der Waals surface area contributed by atoms with Gasteiger partial charge in [0, 0.05) is 43.7 Å². The molecule has 1 saturated heterocycles. The Balaban J connectivity index is 1.17. The lowest BCUT2D eigenvalue weighted by molar-refractivity contribution is -0.134. The van der Waals surface area contributed by atoms with Gasteiger partial charge in [-0.05, 0) is 55.3 Å². The van der Waals surface area contributed by atoms with Crippen molar-refractivity contribution in [1.82, 2.24) is 9.91 Å². The van der Waals surface area contributed by atoms with Crippen LogP contribution in [0.4, 0.5) is 5.69 Å². The molecule has 1 atom stereocenters. The first-order valence-electron chi connectivity index (χ1n) is 12.5. The Labute approximate surface area is 210 Å². The zero-order valence-corrected chi connectivity index (χ0v) is 20.7. The van der Waals surface area contributed by atoms with E-state index in [2.05, 4.69) is 41.8 Å². The van der Waals surface area contributed by atoms with Crippen molar-refractivity contribution in [2.24, 2.45) is 5.10 Å². The van der Waals surface area contributed by atoms with Crippen LogP contribution >= 0.6 is 0 Å². The summed E-state index contributed by atoms with van der Waals surface area (Å²) in [5.74, 6) is 1.41. The molecule has 0 bridgehead atoms. The van der Waals surface area contributed by atoms with Gasteiger partial charge in [-0.25, -0.2) is 5.01 Å². The molecule has 0 N–H and O–H groups in total. The molecule has 4 aromatic rings. The average molecular weight is 483 g/mol. The van der Waals surface area contributed by atoms with Crippen molar-refractivity contribution in [3.8, 4) is 0 Å². The number of anilines is 1. The van der Waals surface area contributed by atoms with Crippen LogP contribution in [-0.2, 0) is 4.79 Å². The molecule has 4 heterocycles. The molecule has 2 aliphatic rings. The summed E-state index contributed by atoms with van der Waals surface area (Å²) in [5.41, 5.74) is 5.50. The minimum Gasteiger partial charge on any atom is -0.467 e. The fourth-order valence-electron chi connectivity index (χ4n) is 5.20. The van der Waals surface area contributed by atoms with Crippen LogP contribution < -0.4 is 4.90 Å². The Morgan fingerprint density at radius 1 is 1.00 bits per heavy atom. The number of para-hydroxylation sites is 1. The van der Waals surface area contributed by atoms with Gasteiger partial charge in [-0.2, -0.15) is 5.10 Å². The topological polar surface area (TPSA) is 65.4 Å². The second kappa shape index (κ2) is 9.32. The molecule has 2 aromatic heterocycles. The van der Waals surface area contributed by atoms with Gasteiger partial charge in [-0.3, -0.25) is 9.69 Å². The Morgan fingerprint density at radius 2 is 1.83 bits per heavy atom. The largest absolute Gasteiger partial charge is 0.467 e. The third-order valence-electron chi connectivity index (χ3n) is 7.40. The number of rotatable bonds is 5. The lowest BCUT2D eigenvalue weighted by Crippen LogP contribution is -2.49. The maximum Gasteiger partial charge on any atom is 0.257 e. The van der Waals surface area contributed by atoms with Crippen LogP contribution in [0, 0.1) is 13.8 Å². The van der Waals surface area contributed by atoms with Crippen LogP contribution in [-0.4, -0.2) is 54.3 Å². The third-order valence-corrected chi connectivity index (χ3v) is 7.40. The van der Waals surface area contributed by atoms with Gasteiger partial charge in [0.1, 0.15) is 23.1 Å². The highest BCUT2D eigenvalue weighted by atomic mass is 16.3. The normalized spacial score (nSPS) is 18.7. The predicted octanol–water partition coefficient (Wildman–Crippen LogP) is 5.14. The molecular formula is C29H30N4O3. The predicted molar refractivity (Wildman–Crippen MR) is 140 cm³/mol. The van der Waals surface area contributed by atoms with Crippen molar-refractivity contribution >= 4 is 28.3 Å².